The maximum atomic E-state index is 12.8. The molecule has 1 amide bonds. The first-order valence-corrected chi connectivity index (χ1v) is 10.6. The van der Waals surface area contributed by atoms with Crippen LogP contribution in [-0.4, -0.2) is 72.7 Å². The van der Waals surface area contributed by atoms with Crippen LogP contribution >= 0.6 is 0 Å². The summed E-state index contributed by atoms with van der Waals surface area (Å²) in [6.45, 7) is 7.03. The number of nitrogens with zero attached hydrogens (tertiary/aromatic N) is 4. The Kier molecular flexibility index (Phi) is 6.16. The Labute approximate surface area is 163 Å². The lowest BCUT2D eigenvalue weighted by Crippen LogP contribution is -2.40. The molecule has 0 bridgehead atoms. The number of fused-ring (bicyclic) bond motifs is 1. The molecule has 3 rings (SSSR count). The molecule has 1 aromatic carbocycles. The van der Waals surface area contributed by atoms with Crippen molar-refractivity contribution in [1.82, 2.24) is 24.8 Å². The van der Waals surface area contributed by atoms with Crippen LogP contribution in [0.25, 0.3) is 11.0 Å². The molecule has 0 saturated carbocycles. The van der Waals surface area contributed by atoms with Crippen LogP contribution in [0.3, 0.4) is 0 Å². The molecular weight excluding hydrogens is 386 g/mol. The molecule has 28 heavy (non-hydrogen) atoms. The fraction of sp³-hybridized carbons (Fsp3) is 0.588. The maximum Gasteiger partial charge on any atom is 0.260 e. The van der Waals surface area contributed by atoms with E-state index in [1.807, 2.05) is 20.8 Å². The Hall–Kier alpha value is -2.24. The molecular formula is C17H25N5O5S. The van der Waals surface area contributed by atoms with E-state index < -0.39 is 10.0 Å². The fourth-order valence-electron chi connectivity index (χ4n) is 2.65. The summed E-state index contributed by atoms with van der Waals surface area (Å²) < 4.78 is 32.3. The molecule has 0 aliphatic carbocycles. The lowest BCUT2D eigenvalue weighted by Gasteiger charge is -2.26. The molecule has 0 unspecified atom stereocenters. The first-order valence-electron chi connectivity index (χ1n) is 9.15. The van der Waals surface area contributed by atoms with E-state index in [9.17, 15) is 13.2 Å². The van der Waals surface area contributed by atoms with Gasteiger partial charge in [0.15, 0.2) is 6.61 Å². The van der Waals surface area contributed by atoms with E-state index in [2.05, 4.69) is 15.6 Å². The second-order valence-electron chi connectivity index (χ2n) is 7.00. The van der Waals surface area contributed by atoms with Gasteiger partial charge >= 0.3 is 0 Å². The van der Waals surface area contributed by atoms with Gasteiger partial charge in [-0.05, 0) is 36.3 Å². The summed E-state index contributed by atoms with van der Waals surface area (Å²) in [6, 6.07) is 4.52. The van der Waals surface area contributed by atoms with Gasteiger partial charge in [0.05, 0.1) is 18.1 Å². The van der Waals surface area contributed by atoms with Crippen molar-refractivity contribution >= 4 is 27.0 Å². The Morgan fingerprint density at radius 2 is 2.00 bits per heavy atom. The summed E-state index contributed by atoms with van der Waals surface area (Å²) in [6.07, 6.45) is 0. The second kappa shape index (κ2) is 8.41. The van der Waals surface area contributed by atoms with Crippen molar-refractivity contribution in [3.8, 4) is 0 Å². The molecule has 154 valence electrons. The van der Waals surface area contributed by atoms with Crippen molar-refractivity contribution in [3.05, 3.63) is 18.2 Å². The van der Waals surface area contributed by atoms with E-state index in [1.54, 1.807) is 6.07 Å². The van der Waals surface area contributed by atoms with Crippen LogP contribution in [0.15, 0.2) is 23.1 Å². The minimum atomic E-state index is -3.66. The fourth-order valence-corrected chi connectivity index (χ4v) is 4.08. The minimum absolute atomic E-state index is 0.00820. The number of hydrogen-bond acceptors (Lipinski definition) is 7. The molecule has 1 fully saturated rings. The highest BCUT2D eigenvalue weighted by Crippen LogP contribution is 2.21. The van der Waals surface area contributed by atoms with Crippen LogP contribution in [0, 0.1) is 5.92 Å². The zero-order valence-electron chi connectivity index (χ0n) is 16.2. The van der Waals surface area contributed by atoms with Crippen LogP contribution in [0.5, 0.6) is 0 Å². The van der Waals surface area contributed by atoms with E-state index >= 15 is 0 Å². The SMILES string of the molecule is CC(C)[C@@H](C)NC(=O)COn1nnc2ccc(S(=O)(=O)N3CCOCC3)cc21. The summed E-state index contributed by atoms with van der Waals surface area (Å²) in [5.41, 5.74) is 0.843. The molecule has 0 spiro atoms. The predicted molar refractivity (Wildman–Crippen MR) is 101 cm³/mol. The Morgan fingerprint density at radius 1 is 1.29 bits per heavy atom. The number of nitrogens with one attached hydrogen (secondary N) is 1. The van der Waals surface area contributed by atoms with Gasteiger partial charge in [0.25, 0.3) is 5.91 Å². The molecule has 11 heteroatoms. The van der Waals surface area contributed by atoms with Gasteiger partial charge < -0.3 is 14.9 Å². The van der Waals surface area contributed by atoms with Gasteiger partial charge in [0.1, 0.15) is 11.0 Å². The summed E-state index contributed by atoms with van der Waals surface area (Å²) >= 11 is 0. The molecule has 1 atom stereocenters. The predicted octanol–water partition coefficient (Wildman–Crippen LogP) is 0.0415. The number of amides is 1. The van der Waals surface area contributed by atoms with Crippen molar-refractivity contribution in [2.24, 2.45) is 5.92 Å². The van der Waals surface area contributed by atoms with Gasteiger partial charge in [-0.2, -0.15) is 4.31 Å². The number of carbonyl (C=O) groups excluding carboxylic acids is 1. The number of morpholine rings is 1. The average molecular weight is 411 g/mol. The first-order chi connectivity index (χ1) is 13.3. The van der Waals surface area contributed by atoms with E-state index in [1.165, 1.54) is 16.4 Å². The van der Waals surface area contributed by atoms with Crippen molar-refractivity contribution in [2.45, 2.75) is 31.7 Å². The van der Waals surface area contributed by atoms with Gasteiger partial charge in [0.2, 0.25) is 10.0 Å². The third-order valence-electron chi connectivity index (χ3n) is 4.70. The van der Waals surface area contributed by atoms with Crippen molar-refractivity contribution in [3.63, 3.8) is 0 Å². The molecule has 1 aliphatic heterocycles. The van der Waals surface area contributed by atoms with Crippen LogP contribution in [0.4, 0.5) is 0 Å². The summed E-state index contributed by atoms with van der Waals surface area (Å²) in [4.78, 5) is 18.6. The number of rotatable bonds is 7. The monoisotopic (exact) mass is 411 g/mol. The first kappa shape index (κ1) is 20.5. The van der Waals surface area contributed by atoms with E-state index in [4.69, 9.17) is 9.57 Å². The molecule has 1 saturated heterocycles. The molecule has 10 nitrogen and oxygen atoms in total. The highest BCUT2D eigenvalue weighted by molar-refractivity contribution is 7.89. The van der Waals surface area contributed by atoms with Gasteiger partial charge in [0, 0.05) is 19.1 Å². The van der Waals surface area contributed by atoms with Gasteiger partial charge in [-0.15, -0.1) is 5.10 Å². The largest absolute Gasteiger partial charge is 0.385 e. The standard InChI is InChI=1S/C17H25N5O5S/c1-12(2)13(3)18-17(23)11-27-22-16-10-14(4-5-15(16)19-20-22)28(24,25)21-6-8-26-9-7-21/h4-5,10,12-13H,6-9,11H2,1-3H3,(H,18,23)/t13-/m1/s1. The van der Waals surface area contributed by atoms with Crippen LogP contribution in [0.2, 0.25) is 0 Å². The van der Waals surface area contributed by atoms with E-state index in [0.29, 0.717) is 43.3 Å². The molecule has 1 N–H and O–H groups in total. The van der Waals surface area contributed by atoms with Crippen LogP contribution in [0.1, 0.15) is 20.8 Å². The summed E-state index contributed by atoms with van der Waals surface area (Å²) in [7, 11) is -3.66. The Morgan fingerprint density at radius 3 is 2.68 bits per heavy atom. The van der Waals surface area contributed by atoms with E-state index in [-0.39, 0.29) is 23.5 Å². The van der Waals surface area contributed by atoms with Crippen molar-refractivity contribution < 1.29 is 22.8 Å². The smallest absolute Gasteiger partial charge is 0.260 e. The number of aromatic nitrogens is 3. The number of benzene rings is 1. The number of carbonyl (C=O) groups is 1. The Bertz CT molecular complexity index is 937. The Balaban J connectivity index is 1.76. The zero-order chi connectivity index (χ0) is 20.3. The summed E-state index contributed by atoms with van der Waals surface area (Å²) in [5.74, 6) is 0.00560. The van der Waals surface area contributed by atoms with E-state index in [0.717, 1.165) is 4.85 Å². The summed E-state index contributed by atoms with van der Waals surface area (Å²) in [5, 5.41) is 10.6. The lowest BCUT2D eigenvalue weighted by molar-refractivity contribution is -0.127. The maximum absolute atomic E-state index is 12.8. The highest BCUT2D eigenvalue weighted by Gasteiger charge is 2.27. The average Bonchev–Trinajstić information content (AvgIpc) is 3.09. The zero-order valence-corrected chi connectivity index (χ0v) is 17.0. The third-order valence-corrected chi connectivity index (χ3v) is 6.60. The lowest BCUT2D eigenvalue weighted by atomic mass is 10.1. The van der Waals surface area contributed by atoms with Gasteiger partial charge in [-0.1, -0.05) is 18.7 Å². The highest BCUT2D eigenvalue weighted by atomic mass is 32.2. The number of hydrogen-bond donors (Lipinski definition) is 1. The molecule has 1 aliphatic rings. The minimum Gasteiger partial charge on any atom is -0.385 e. The molecule has 2 aromatic rings. The van der Waals surface area contributed by atoms with Crippen LogP contribution < -0.4 is 10.2 Å². The van der Waals surface area contributed by atoms with Crippen LogP contribution in [-0.2, 0) is 19.6 Å². The van der Waals surface area contributed by atoms with Crippen molar-refractivity contribution in [1.29, 1.82) is 0 Å². The normalized spacial score (nSPS) is 17.0. The second-order valence-corrected chi connectivity index (χ2v) is 8.94. The third kappa shape index (κ3) is 4.42. The number of ether oxygens (including phenoxy) is 1. The van der Waals surface area contributed by atoms with Gasteiger partial charge in [-0.3, -0.25) is 4.79 Å². The molecule has 1 aromatic heterocycles. The molecule has 2 heterocycles. The number of sulfonamides is 1. The van der Waals surface area contributed by atoms with Gasteiger partial charge in [-0.25, -0.2) is 8.42 Å². The molecule has 0 radical (unpaired) electrons. The van der Waals surface area contributed by atoms with Crippen molar-refractivity contribution in [2.75, 3.05) is 32.9 Å². The topological polar surface area (TPSA) is 116 Å². The quantitative estimate of drug-likeness (QED) is 0.684.